The number of rotatable bonds is 8. The van der Waals surface area contributed by atoms with E-state index in [-0.39, 0.29) is 11.8 Å². The lowest BCUT2D eigenvalue weighted by molar-refractivity contribution is -0.167. The quantitative estimate of drug-likeness (QED) is 0.673. The van der Waals surface area contributed by atoms with Crippen molar-refractivity contribution in [1.82, 2.24) is 15.1 Å². The summed E-state index contributed by atoms with van der Waals surface area (Å²) in [7, 11) is 1.63. The zero-order chi connectivity index (χ0) is 21.7. The van der Waals surface area contributed by atoms with Crippen LogP contribution in [0.15, 0.2) is 47.8 Å². The zero-order valence-electron chi connectivity index (χ0n) is 17.8. The van der Waals surface area contributed by atoms with Crippen LogP contribution in [0.4, 0.5) is 0 Å². The van der Waals surface area contributed by atoms with Crippen molar-refractivity contribution in [3.05, 3.63) is 58.3 Å². The molecule has 2 saturated heterocycles. The van der Waals surface area contributed by atoms with Crippen LogP contribution in [0.3, 0.4) is 0 Å². The third-order valence-corrected chi connectivity index (χ3v) is 6.81. The normalized spacial score (nSPS) is 23.8. The maximum absolute atomic E-state index is 13.8. The molecule has 0 aliphatic carbocycles. The predicted molar refractivity (Wildman–Crippen MR) is 119 cm³/mol. The largest absolute Gasteiger partial charge is 0.383 e. The Kier molecular flexibility index (Phi) is 7.02. The minimum Gasteiger partial charge on any atom is -0.383 e. The fourth-order valence-electron chi connectivity index (χ4n) is 4.42. The van der Waals surface area contributed by atoms with Gasteiger partial charge < -0.3 is 19.7 Å². The van der Waals surface area contributed by atoms with E-state index < -0.39 is 11.5 Å². The molecule has 2 amide bonds. The molecule has 1 aromatic heterocycles. The molecule has 4 rings (SSSR count). The van der Waals surface area contributed by atoms with Crippen LogP contribution in [0, 0.1) is 5.92 Å². The first-order valence-corrected chi connectivity index (χ1v) is 11.5. The maximum atomic E-state index is 13.8. The lowest BCUT2D eigenvalue weighted by Gasteiger charge is -2.38. The van der Waals surface area contributed by atoms with Gasteiger partial charge >= 0.3 is 0 Å². The molecule has 166 valence electrons. The Morgan fingerprint density at radius 1 is 1.32 bits per heavy atom. The highest BCUT2D eigenvalue weighted by Gasteiger charge is 2.58. The van der Waals surface area contributed by atoms with E-state index in [0.29, 0.717) is 52.5 Å². The second kappa shape index (κ2) is 9.91. The maximum Gasteiger partial charge on any atom is 0.254 e. The first-order chi connectivity index (χ1) is 15.1. The average Bonchev–Trinajstić information content (AvgIpc) is 3.42. The standard InChI is InChI=1S/C23H29N3O4S/c1-29-12-10-26(15-19-8-5-13-31-19)21(27)20-16-25(14-18-6-3-2-4-7-18)17-23(20)22(28)24-9-11-30-23/h2-8,13,20H,9-12,14-17H2,1H3,(H,24,28)/t20-,23-/m1/s1. The van der Waals surface area contributed by atoms with E-state index in [1.54, 1.807) is 23.3 Å². The van der Waals surface area contributed by atoms with Crippen LogP contribution in [0.2, 0.25) is 0 Å². The summed E-state index contributed by atoms with van der Waals surface area (Å²) >= 11 is 1.62. The van der Waals surface area contributed by atoms with Gasteiger partial charge in [0.2, 0.25) is 5.91 Å². The molecule has 7 nitrogen and oxygen atoms in total. The van der Waals surface area contributed by atoms with Gasteiger partial charge in [0.05, 0.1) is 25.7 Å². The SMILES string of the molecule is COCCN(Cc1cccs1)C(=O)[C@H]1CN(Cc2ccccc2)C[C@@]12OCCNC2=O. The van der Waals surface area contributed by atoms with Crippen molar-refractivity contribution in [2.24, 2.45) is 5.92 Å². The summed E-state index contributed by atoms with van der Waals surface area (Å²) in [6, 6.07) is 14.1. The van der Waals surface area contributed by atoms with Crippen molar-refractivity contribution in [1.29, 1.82) is 0 Å². The van der Waals surface area contributed by atoms with Gasteiger partial charge in [-0.15, -0.1) is 11.3 Å². The molecule has 0 bridgehead atoms. The number of hydrogen-bond acceptors (Lipinski definition) is 6. The van der Waals surface area contributed by atoms with Crippen LogP contribution >= 0.6 is 11.3 Å². The molecule has 0 saturated carbocycles. The number of ether oxygens (including phenoxy) is 2. The van der Waals surface area contributed by atoms with Crippen LogP contribution in [-0.4, -0.2) is 73.7 Å². The summed E-state index contributed by atoms with van der Waals surface area (Å²) in [5, 5.41) is 4.93. The Balaban J connectivity index is 1.58. The Morgan fingerprint density at radius 3 is 2.87 bits per heavy atom. The van der Waals surface area contributed by atoms with Gasteiger partial charge in [0.1, 0.15) is 0 Å². The van der Waals surface area contributed by atoms with E-state index in [9.17, 15) is 9.59 Å². The van der Waals surface area contributed by atoms with Crippen LogP contribution < -0.4 is 5.32 Å². The molecule has 3 heterocycles. The third-order valence-electron chi connectivity index (χ3n) is 5.94. The van der Waals surface area contributed by atoms with Crippen molar-refractivity contribution in [2.75, 3.05) is 46.5 Å². The predicted octanol–water partition coefficient (Wildman–Crippen LogP) is 1.74. The summed E-state index contributed by atoms with van der Waals surface area (Å²) in [6.45, 7) is 3.87. The number of benzene rings is 1. The second-order valence-corrected chi connectivity index (χ2v) is 9.07. The molecular weight excluding hydrogens is 414 g/mol. The molecule has 2 atom stereocenters. The summed E-state index contributed by atoms with van der Waals surface area (Å²) in [5.74, 6) is -0.804. The van der Waals surface area contributed by atoms with E-state index in [1.165, 1.54) is 0 Å². The van der Waals surface area contributed by atoms with E-state index >= 15 is 0 Å². The van der Waals surface area contributed by atoms with Crippen LogP contribution in [-0.2, 0) is 32.2 Å². The molecule has 0 radical (unpaired) electrons. The summed E-state index contributed by atoms with van der Waals surface area (Å²) < 4.78 is 11.4. The van der Waals surface area contributed by atoms with Gasteiger partial charge in [-0.05, 0) is 17.0 Å². The number of nitrogens with one attached hydrogen (secondary N) is 1. The highest BCUT2D eigenvalue weighted by atomic mass is 32.1. The number of morpholine rings is 1. The number of carbonyl (C=O) groups excluding carboxylic acids is 2. The van der Waals surface area contributed by atoms with Crippen molar-refractivity contribution >= 4 is 23.2 Å². The van der Waals surface area contributed by atoms with Crippen molar-refractivity contribution < 1.29 is 19.1 Å². The monoisotopic (exact) mass is 443 g/mol. The van der Waals surface area contributed by atoms with Crippen LogP contribution in [0.1, 0.15) is 10.4 Å². The topological polar surface area (TPSA) is 71.1 Å². The van der Waals surface area contributed by atoms with E-state index in [4.69, 9.17) is 9.47 Å². The number of carbonyl (C=O) groups is 2. The van der Waals surface area contributed by atoms with Crippen LogP contribution in [0.25, 0.3) is 0 Å². The Hall–Kier alpha value is -2.26. The molecule has 1 aromatic carbocycles. The lowest BCUT2D eigenvalue weighted by atomic mass is 9.87. The fraction of sp³-hybridized carbons (Fsp3) is 0.478. The number of thiophene rings is 1. The Bertz CT molecular complexity index is 876. The van der Waals surface area contributed by atoms with Crippen molar-refractivity contribution in [2.45, 2.75) is 18.7 Å². The molecule has 2 aliphatic heterocycles. The number of likely N-dealkylation sites (tertiary alicyclic amines) is 1. The summed E-state index contributed by atoms with van der Waals surface area (Å²) in [5.41, 5.74) is 0.00188. The van der Waals surface area contributed by atoms with Gasteiger partial charge in [0, 0.05) is 44.7 Å². The van der Waals surface area contributed by atoms with E-state index in [1.807, 2.05) is 35.7 Å². The number of methoxy groups -OCH3 is 1. The Labute approximate surface area is 186 Å². The van der Waals surface area contributed by atoms with E-state index in [0.717, 1.165) is 10.4 Å². The third kappa shape index (κ3) is 4.82. The summed E-state index contributed by atoms with van der Waals surface area (Å²) in [4.78, 5) is 31.9. The number of amides is 2. The molecule has 8 heteroatoms. The molecule has 0 unspecified atom stereocenters. The molecule has 1 N–H and O–H groups in total. The fourth-order valence-corrected chi connectivity index (χ4v) is 5.14. The van der Waals surface area contributed by atoms with Gasteiger partial charge in [-0.2, -0.15) is 0 Å². The molecule has 31 heavy (non-hydrogen) atoms. The van der Waals surface area contributed by atoms with Gasteiger partial charge in [0.15, 0.2) is 5.60 Å². The number of hydrogen-bond donors (Lipinski definition) is 1. The lowest BCUT2D eigenvalue weighted by Crippen LogP contribution is -2.62. The van der Waals surface area contributed by atoms with Crippen LogP contribution in [0.5, 0.6) is 0 Å². The molecule has 1 spiro atoms. The van der Waals surface area contributed by atoms with E-state index in [2.05, 4.69) is 22.3 Å². The first kappa shape index (κ1) is 22.0. The van der Waals surface area contributed by atoms with Gasteiger partial charge in [-0.1, -0.05) is 36.4 Å². The smallest absolute Gasteiger partial charge is 0.254 e. The average molecular weight is 444 g/mol. The highest BCUT2D eigenvalue weighted by Crippen LogP contribution is 2.36. The molecule has 2 fully saturated rings. The van der Waals surface area contributed by atoms with Gasteiger partial charge in [0.25, 0.3) is 5.91 Å². The zero-order valence-corrected chi connectivity index (χ0v) is 18.6. The minimum absolute atomic E-state index is 0.0574. The number of nitrogens with zero attached hydrogens (tertiary/aromatic N) is 2. The molecule has 2 aliphatic rings. The molecule has 2 aromatic rings. The first-order valence-electron chi connectivity index (χ1n) is 10.6. The van der Waals surface area contributed by atoms with Gasteiger partial charge in [-0.25, -0.2) is 0 Å². The Morgan fingerprint density at radius 2 is 2.16 bits per heavy atom. The second-order valence-electron chi connectivity index (χ2n) is 8.03. The molecular formula is C23H29N3O4S. The minimum atomic E-state index is -1.15. The van der Waals surface area contributed by atoms with Gasteiger partial charge in [-0.3, -0.25) is 14.5 Å². The summed E-state index contributed by atoms with van der Waals surface area (Å²) in [6.07, 6.45) is 0. The van der Waals surface area contributed by atoms with Crippen molar-refractivity contribution in [3.63, 3.8) is 0 Å². The highest BCUT2D eigenvalue weighted by molar-refractivity contribution is 7.09. The van der Waals surface area contributed by atoms with Crippen molar-refractivity contribution in [3.8, 4) is 0 Å².